The van der Waals surface area contributed by atoms with Crippen molar-refractivity contribution in [2.75, 3.05) is 56.7 Å². The molecule has 2 aliphatic rings. The molecule has 2 aromatic carbocycles. The van der Waals surface area contributed by atoms with Gasteiger partial charge in [0.2, 0.25) is 5.91 Å². The van der Waals surface area contributed by atoms with E-state index in [1.54, 1.807) is 0 Å². The number of amides is 1. The second-order valence-corrected chi connectivity index (χ2v) is 10.2. The van der Waals surface area contributed by atoms with Gasteiger partial charge in [-0.25, -0.2) is 0 Å². The van der Waals surface area contributed by atoms with E-state index in [9.17, 15) is 9.59 Å². The number of nitrogens with zero attached hydrogens (tertiary/aromatic N) is 2. The zero-order chi connectivity index (χ0) is 23.2. The number of piperidine rings is 2. The first kappa shape index (κ1) is 24.0. The van der Waals surface area contributed by atoms with Crippen LogP contribution in [0.2, 0.25) is 0 Å². The van der Waals surface area contributed by atoms with Crippen LogP contribution >= 0.6 is 11.9 Å². The Morgan fingerprint density at radius 3 is 2.64 bits per heavy atom. The summed E-state index contributed by atoms with van der Waals surface area (Å²) in [5, 5.41) is 8.08. The Morgan fingerprint density at radius 1 is 1.12 bits per heavy atom. The number of rotatable bonds is 8. The number of hydrogen-bond donors (Lipinski definition) is 2. The number of hydrogen-bond acceptors (Lipinski definition) is 6. The lowest BCUT2D eigenvalue weighted by Crippen LogP contribution is -2.41. The van der Waals surface area contributed by atoms with Gasteiger partial charge in [-0.3, -0.25) is 13.9 Å². The van der Waals surface area contributed by atoms with Crippen LogP contribution in [-0.4, -0.2) is 67.4 Å². The van der Waals surface area contributed by atoms with E-state index in [1.165, 1.54) is 32.4 Å². The molecule has 33 heavy (non-hydrogen) atoms. The average molecular weight is 469 g/mol. The van der Waals surface area contributed by atoms with Crippen LogP contribution in [0.15, 0.2) is 30.3 Å². The molecule has 0 aliphatic carbocycles. The topological polar surface area (TPSA) is 64.7 Å². The van der Waals surface area contributed by atoms with E-state index in [1.807, 2.05) is 49.3 Å². The van der Waals surface area contributed by atoms with Crippen LogP contribution in [0.1, 0.15) is 42.5 Å². The maximum absolute atomic E-state index is 13.2. The molecule has 1 unspecified atom stereocenters. The number of anilines is 2. The normalized spacial score (nSPS) is 20.6. The number of carbonyl (C=O) groups is 2. The molecule has 2 N–H and O–H groups in total. The molecule has 1 atom stereocenters. The molecule has 0 radical (unpaired) electrons. The molecule has 0 saturated carbocycles. The lowest BCUT2D eigenvalue weighted by Gasteiger charge is -2.35. The van der Waals surface area contributed by atoms with Crippen molar-refractivity contribution in [1.29, 1.82) is 0 Å². The Bertz CT molecular complexity index is 974. The summed E-state index contributed by atoms with van der Waals surface area (Å²) in [6, 6.07) is 9.51. The van der Waals surface area contributed by atoms with Crippen LogP contribution in [0.5, 0.6) is 0 Å². The first-order valence-corrected chi connectivity index (χ1v) is 13.3. The number of likely N-dealkylation sites (tertiary alicyclic amines) is 1. The van der Waals surface area contributed by atoms with Crippen LogP contribution < -0.4 is 10.6 Å². The molecule has 178 valence electrons. The number of carbonyl (C=O) groups excluding carboxylic acids is 2. The minimum Gasteiger partial charge on any atom is -0.388 e. The van der Waals surface area contributed by atoms with E-state index in [-0.39, 0.29) is 11.8 Å². The quantitative estimate of drug-likeness (QED) is 0.432. The highest BCUT2D eigenvalue weighted by molar-refractivity contribution is 7.96. The molecule has 1 amide bonds. The molecule has 2 saturated heterocycles. The molecule has 0 spiro atoms. The highest BCUT2D eigenvalue weighted by Gasteiger charge is 2.27. The summed E-state index contributed by atoms with van der Waals surface area (Å²) in [5.41, 5.74) is 2.29. The van der Waals surface area contributed by atoms with Gasteiger partial charge in [-0.2, -0.15) is 0 Å². The second kappa shape index (κ2) is 11.4. The fraction of sp³-hybridized carbons (Fsp3) is 0.538. The summed E-state index contributed by atoms with van der Waals surface area (Å²) < 4.78 is 2.46. The van der Waals surface area contributed by atoms with Gasteiger partial charge in [0, 0.05) is 54.4 Å². The second-order valence-electron chi connectivity index (χ2n) is 9.27. The fourth-order valence-electron chi connectivity index (χ4n) is 5.30. The predicted octanol–water partition coefficient (Wildman–Crippen LogP) is 4.72. The molecule has 2 aromatic rings. The SMILES string of the molecule is CNc1ccc(NC(=O)C2CCCN(CCC3CCN(SC)CC3)C2)c2cccc(C=O)c12. The first-order chi connectivity index (χ1) is 16.1. The van der Waals surface area contributed by atoms with Crippen molar-refractivity contribution < 1.29 is 9.59 Å². The van der Waals surface area contributed by atoms with Gasteiger partial charge in [0.25, 0.3) is 0 Å². The summed E-state index contributed by atoms with van der Waals surface area (Å²) in [5.74, 6) is 0.903. The first-order valence-electron chi connectivity index (χ1n) is 12.1. The van der Waals surface area contributed by atoms with Crippen molar-refractivity contribution in [2.45, 2.75) is 32.1 Å². The van der Waals surface area contributed by atoms with Crippen molar-refractivity contribution >= 4 is 46.3 Å². The van der Waals surface area contributed by atoms with Crippen molar-refractivity contribution in [3.63, 3.8) is 0 Å². The lowest BCUT2D eigenvalue weighted by atomic mass is 9.92. The monoisotopic (exact) mass is 468 g/mol. The zero-order valence-electron chi connectivity index (χ0n) is 19.8. The van der Waals surface area contributed by atoms with Crippen LogP contribution in [0.4, 0.5) is 11.4 Å². The predicted molar refractivity (Wildman–Crippen MR) is 139 cm³/mol. The number of fused-ring (bicyclic) bond motifs is 1. The highest BCUT2D eigenvalue weighted by atomic mass is 32.2. The van der Waals surface area contributed by atoms with Crippen LogP contribution in [-0.2, 0) is 4.79 Å². The summed E-state index contributed by atoms with van der Waals surface area (Å²) in [6.07, 6.45) is 8.85. The van der Waals surface area contributed by atoms with E-state index in [0.717, 1.165) is 66.8 Å². The summed E-state index contributed by atoms with van der Waals surface area (Å²) >= 11 is 1.86. The number of aldehydes is 1. The van der Waals surface area contributed by atoms with Gasteiger partial charge in [-0.05, 0) is 69.5 Å². The molecule has 6 nitrogen and oxygen atoms in total. The Labute approximate surface area is 201 Å². The Morgan fingerprint density at radius 2 is 1.91 bits per heavy atom. The van der Waals surface area contributed by atoms with Gasteiger partial charge in [0.1, 0.15) is 0 Å². The maximum Gasteiger partial charge on any atom is 0.228 e. The van der Waals surface area contributed by atoms with E-state index >= 15 is 0 Å². The summed E-state index contributed by atoms with van der Waals surface area (Å²) in [4.78, 5) is 27.3. The highest BCUT2D eigenvalue weighted by Crippen LogP contribution is 2.33. The third kappa shape index (κ3) is 5.70. The molecular weight excluding hydrogens is 432 g/mol. The van der Waals surface area contributed by atoms with Gasteiger partial charge < -0.3 is 15.5 Å². The van der Waals surface area contributed by atoms with Crippen molar-refractivity contribution in [2.24, 2.45) is 11.8 Å². The fourth-order valence-corrected chi connectivity index (χ4v) is 5.88. The van der Waals surface area contributed by atoms with Crippen LogP contribution in [0.25, 0.3) is 10.8 Å². The van der Waals surface area contributed by atoms with E-state index in [2.05, 4.69) is 26.1 Å². The zero-order valence-corrected chi connectivity index (χ0v) is 20.6. The van der Waals surface area contributed by atoms with Crippen LogP contribution in [0, 0.1) is 11.8 Å². The van der Waals surface area contributed by atoms with Crippen molar-refractivity contribution in [3.05, 3.63) is 35.9 Å². The van der Waals surface area contributed by atoms with Gasteiger partial charge in [-0.15, -0.1) is 0 Å². The third-order valence-corrected chi connectivity index (χ3v) is 8.17. The van der Waals surface area contributed by atoms with Crippen LogP contribution in [0.3, 0.4) is 0 Å². The molecule has 7 heteroatoms. The lowest BCUT2D eigenvalue weighted by molar-refractivity contribution is -0.121. The summed E-state index contributed by atoms with van der Waals surface area (Å²) in [7, 11) is 1.84. The third-order valence-electron chi connectivity index (χ3n) is 7.29. The molecular formula is C26H36N4O2S. The molecule has 4 rings (SSSR count). The molecule has 0 aromatic heterocycles. The van der Waals surface area contributed by atoms with Gasteiger partial charge in [0.15, 0.2) is 6.29 Å². The minimum absolute atomic E-state index is 0.00497. The van der Waals surface area contributed by atoms with E-state index in [4.69, 9.17) is 0 Å². The Balaban J connectivity index is 1.38. The van der Waals surface area contributed by atoms with Crippen molar-refractivity contribution in [3.8, 4) is 0 Å². The maximum atomic E-state index is 13.2. The van der Waals surface area contributed by atoms with Gasteiger partial charge in [0.05, 0.1) is 5.92 Å². The Hall–Kier alpha value is -2.09. The van der Waals surface area contributed by atoms with E-state index in [0.29, 0.717) is 5.56 Å². The molecule has 2 fully saturated rings. The smallest absolute Gasteiger partial charge is 0.228 e. The molecule has 2 aliphatic heterocycles. The standard InChI is InChI=1S/C26H36N4O2S/c1-27-24-9-8-23(22-7-3-5-21(18-31)25(22)24)28-26(32)20-6-4-13-29(17-20)14-10-19-11-15-30(33-2)16-12-19/h3,5,7-9,18-20,27H,4,6,10-17H2,1-2H3,(H,28,32). The number of nitrogens with one attached hydrogen (secondary N) is 2. The number of benzene rings is 2. The largest absolute Gasteiger partial charge is 0.388 e. The Kier molecular flexibility index (Phi) is 8.28. The van der Waals surface area contributed by atoms with Crippen molar-refractivity contribution in [1.82, 2.24) is 9.21 Å². The van der Waals surface area contributed by atoms with Gasteiger partial charge >= 0.3 is 0 Å². The summed E-state index contributed by atoms with van der Waals surface area (Å²) in [6.45, 7) is 5.42. The van der Waals surface area contributed by atoms with Gasteiger partial charge in [-0.1, -0.05) is 30.1 Å². The average Bonchev–Trinajstić information content (AvgIpc) is 2.87. The molecule has 2 heterocycles. The minimum atomic E-state index is 0.00497. The van der Waals surface area contributed by atoms with E-state index < -0.39 is 0 Å². The molecule has 0 bridgehead atoms.